The van der Waals surface area contributed by atoms with Crippen LogP contribution < -0.4 is 11.2 Å². The molecule has 0 fully saturated rings. The van der Waals surface area contributed by atoms with Crippen LogP contribution in [-0.2, 0) is 19.6 Å². The zero-order valence-corrected chi connectivity index (χ0v) is 14.4. The van der Waals surface area contributed by atoms with Gasteiger partial charge in [0.2, 0.25) is 0 Å². The van der Waals surface area contributed by atoms with Gasteiger partial charge < -0.3 is 15.8 Å². The van der Waals surface area contributed by atoms with Crippen molar-refractivity contribution in [3.8, 4) is 0 Å². The molecule has 2 rings (SSSR count). The smallest absolute Gasteiger partial charge is 0.423 e. The summed E-state index contributed by atoms with van der Waals surface area (Å²) in [5.41, 5.74) is 9.57. The lowest BCUT2D eigenvalue weighted by Crippen LogP contribution is -2.36. The van der Waals surface area contributed by atoms with Gasteiger partial charge in [0.15, 0.2) is 0 Å². The van der Waals surface area contributed by atoms with E-state index >= 15 is 0 Å². The second-order valence-electron chi connectivity index (χ2n) is 6.16. The van der Waals surface area contributed by atoms with Crippen LogP contribution in [-0.4, -0.2) is 28.6 Å². The second kappa shape index (κ2) is 9.59. The Hall–Kier alpha value is -1.66. The fourth-order valence-corrected chi connectivity index (χ4v) is 2.81. The normalized spacial score (nSPS) is 11.0. The molecule has 4 nitrogen and oxygen atoms in total. The molecule has 0 amide bonds. The maximum Gasteiger partial charge on any atom is 0.488 e. The van der Waals surface area contributed by atoms with E-state index in [0.29, 0.717) is 18.6 Å². The molecular weight excluding hydrogens is 299 g/mol. The highest BCUT2D eigenvalue weighted by Crippen LogP contribution is 2.12. The molecule has 0 aromatic heterocycles. The zero-order chi connectivity index (χ0) is 17.4. The molecule has 0 saturated heterocycles. The van der Waals surface area contributed by atoms with Gasteiger partial charge in [-0.15, -0.1) is 0 Å². The van der Waals surface area contributed by atoms with Crippen LogP contribution in [0.4, 0.5) is 0 Å². The lowest BCUT2D eigenvalue weighted by molar-refractivity contribution is 0.253. The first kappa shape index (κ1) is 18.7. The van der Waals surface area contributed by atoms with Crippen molar-refractivity contribution in [3.63, 3.8) is 0 Å². The molecule has 128 valence electrons. The Morgan fingerprint density at radius 3 is 2.25 bits per heavy atom. The third-order valence-electron chi connectivity index (χ3n) is 4.22. The quantitative estimate of drug-likeness (QED) is 0.613. The van der Waals surface area contributed by atoms with Crippen LogP contribution in [0, 0.1) is 0 Å². The molecule has 0 spiro atoms. The monoisotopic (exact) mass is 326 g/mol. The number of unbranched alkanes of at least 4 members (excludes halogenated alkanes) is 1. The van der Waals surface area contributed by atoms with E-state index < -0.39 is 7.12 Å². The van der Waals surface area contributed by atoms with E-state index in [4.69, 9.17) is 5.73 Å². The molecule has 4 N–H and O–H groups in total. The summed E-state index contributed by atoms with van der Waals surface area (Å²) in [6, 6.07) is 15.9. The second-order valence-corrected chi connectivity index (χ2v) is 6.16. The van der Waals surface area contributed by atoms with Crippen molar-refractivity contribution in [2.75, 3.05) is 6.54 Å². The predicted molar refractivity (Wildman–Crippen MR) is 99.6 cm³/mol. The Morgan fingerprint density at radius 2 is 1.62 bits per heavy atom. The van der Waals surface area contributed by atoms with Crippen LogP contribution >= 0.6 is 0 Å². The van der Waals surface area contributed by atoms with E-state index in [1.54, 1.807) is 6.07 Å². The molecule has 2 aromatic carbocycles. The van der Waals surface area contributed by atoms with Gasteiger partial charge >= 0.3 is 7.12 Å². The number of nitrogens with two attached hydrogens (primary N) is 1. The van der Waals surface area contributed by atoms with Crippen LogP contribution in [0.1, 0.15) is 36.5 Å². The Labute approximate surface area is 145 Å². The van der Waals surface area contributed by atoms with Gasteiger partial charge in [-0.05, 0) is 35.1 Å². The number of hydrogen-bond acceptors (Lipinski definition) is 4. The van der Waals surface area contributed by atoms with Gasteiger partial charge in [-0.25, -0.2) is 0 Å². The first-order valence-corrected chi connectivity index (χ1v) is 8.58. The largest absolute Gasteiger partial charge is 0.488 e. The fourth-order valence-electron chi connectivity index (χ4n) is 2.81. The van der Waals surface area contributed by atoms with Crippen molar-refractivity contribution >= 4 is 12.6 Å². The Kier molecular flexibility index (Phi) is 7.47. The third kappa shape index (κ3) is 5.46. The topological polar surface area (TPSA) is 69.7 Å². The highest BCUT2D eigenvalue weighted by Gasteiger charge is 2.17. The summed E-state index contributed by atoms with van der Waals surface area (Å²) < 4.78 is 0. The Balaban J connectivity index is 2.12. The van der Waals surface area contributed by atoms with Crippen molar-refractivity contribution in [1.29, 1.82) is 0 Å². The summed E-state index contributed by atoms with van der Waals surface area (Å²) in [7, 11) is -1.43. The molecule has 0 unspecified atom stereocenters. The van der Waals surface area contributed by atoms with Crippen molar-refractivity contribution < 1.29 is 10.0 Å². The van der Waals surface area contributed by atoms with E-state index in [2.05, 4.69) is 36.1 Å². The van der Waals surface area contributed by atoms with Gasteiger partial charge in [0.25, 0.3) is 0 Å². The first-order chi connectivity index (χ1) is 11.6. The van der Waals surface area contributed by atoms with Gasteiger partial charge in [0.05, 0.1) is 0 Å². The van der Waals surface area contributed by atoms with E-state index in [1.165, 1.54) is 5.56 Å². The van der Waals surface area contributed by atoms with Crippen LogP contribution in [0.5, 0.6) is 0 Å². The highest BCUT2D eigenvalue weighted by atomic mass is 16.4. The molecule has 0 aliphatic carbocycles. The maximum atomic E-state index is 9.57. The van der Waals surface area contributed by atoms with Gasteiger partial charge in [-0.1, -0.05) is 61.9 Å². The molecule has 0 radical (unpaired) electrons. The van der Waals surface area contributed by atoms with E-state index in [0.717, 1.165) is 37.1 Å². The van der Waals surface area contributed by atoms with E-state index in [1.807, 2.05) is 18.2 Å². The Bertz CT molecular complexity index is 617. The number of hydrogen-bond donors (Lipinski definition) is 3. The molecule has 0 atom stereocenters. The molecule has 2 aromatic rings. The summed E-state index contributed by atoms with van der Waals surface area (Å²) in [4.78, 5) is 2.35. The summed E-state index contributed by atoms with van der Waals surface area (Å²) in [6.45, 7) is 5.25. The standard InChI is InChI=1S/C19H27BN2O2/c1-2-3-12-22(14-17-10-8-16(13-21)9-11-17)15-18-6-4-5-7-19(18)20(23)24/h4-11,23-24H,2-3,12-15,21H2,1H3. The van der Waals surface area contributed by atoms with E-state index in [-0.39, 0.29) is 0 Å². The molecule has 5 heteroatoms. The molecule has 0 saturated carbocycles. The van der Waals surface area contributed by atoms with Crippen LogP contribution in [0.15, 0.2) is 48.5 Å². The van der Waals surface area contributed by atoms with Gasteiger partial charge in [0, 0.05) is 19.6 Å². The minimum Gasteiger partial charge on any atom is -0.423 e. The third-order valence-corrected chi connectivity index (χ3v) is 4.22. The summed E-state index contributed by atoms with van der Waals surface area (Å²) in [5.74, 6) is 0. The van der Waals surface area contributed by atoms with Crippen LogP contribution in [0.3, 0.4) is 0 Å². The Morgan fingerprint density at radius 1 is 0.958 bits per heavy atom. The number of rotatable bonds is 9. The molecule has 24 heavy (non-hydrogen) atoms. The molecule has 0 aliphatic rings. The SMILES string of the molecule is CCCCN(Cc1ccc(CN)cc1)Cc1ccccc1B(O)O. The summed E-state index contributed by atoms with van der Waals surface area (Å²) in [5, 5.41) is 19.1. The van der Waals surface area contributed by atoms with Crippen LogP contribution in [0.2, 0.25) is 0 Å². The lowest BCUT2D eigenvalue weighted by Gasteiger charge is -2.24. The van der Waals surface area contributed by atoms with Crippen LogP contribution in [0.25, 0.3) is 0 Å². The van der Waals surface area contributed by atoms with Crippen molar-refractivity contribution in [2.45, 2.75) is 39.4 Å². The zero-order valence-electron chi connectivity index (χ0n) is 14.4. The average Bonchev–Trinajstić information content (AvgIpc) is 2.60. The first-order valence-electron chi connectivity index (χ1n) is 8.58. The lowest BCUT2D eigenvalue weighted by atomic mass is 9.77. The molecular formula is C19H27BN2O2. The van der Waals surface area contributed by atoms with Crippen molar-refractivity contribution in [3.05, 3.63) is 65.2 Å². The minimum absolute atomic E-state index is 0.557. The van der Waals surface area contributed by atoms with Gasteiger partial charge in [-0.3, -0.25) is 4.90 Å². The number of benzene rings is 2. The summed E-state index contributed by atoms with van der Waals surface area (Å²) in [6.07, 6.45) is 2.25. The number of nitrogens with zero attached hydrogens (tertiary/aromatic N) is 1. The van der Waals surface area contributed by atoms with E-state index in [9.17, 15) is 10.0 Å². The van der Waals surface area contributed by atoms with Crippen molar-refractivity contribution in [1.82, 2.24) is 4.90 Å². The highest BCUT2D eigenvalue weighted by molar-refractivity contribution is 6.59. The molecule has 0 aliphatic heterocycles. The van der Waals surface area contributed by atoms with Gasteiger partial charge in [-0.2, -0.15) is 0 Å². The molecule has 0 heterocycles. The average molecular weight is 326 g/mol. The minimum atomic E-state index is -1.43. The predicted octanol–water partition coefficient (Wildman–Crippen LogP) is 1.63. The molecule has 0 bridgehead atoms. The summed E-state index contributed by atoms with van der Waals surface area (Å²) >= 11 is 0. The maximum absolute atomic E-state index is 9.57. The fraction of sp³-hybridized carbons (Fsp3) is 0.368. The van der Waals surface area contributed by atoms with Crippen molar-refractivity contribution in [2.24, 2.45) is 5.73 Å². The van der Waals surface area contributed by atoms with Gasteiger partial charge in [0.1, 0.15) is 0 Å².